The first-order chi connectivity index (χ1) is 14.2. The molecule has 6 nitrogen and oxygen atoms in total. The van der Waals surface area contributed by atoms with E-state index in [4.69, 9.17) is 14.2 Å². The van der Waals surface area contributed by atoms with E-state index in [0.717, 1.165) is 36.4 Å². The molecule has 0 N–H and O–H groups in total. The number of amides is 1. The zero-order valence-electron chi connectivity index (χ0n) is 17.1. The summed E-state index contributed by atoms with van der Waals surface area (Å²) in [5, 5.41) is 2.82. The first-order valence-corrected chi connectivity index (χ1v) is 10.7. The lowest BCUT2D eigenvalue weighted by Gasteiger charge is -2.23. The maximum Gasteiger partial charge on any atom is 0.226 e. The van der Waals surface area contributed by atoms with Gasteiger partial charge in [-0.2, -0.15) is 0 Å². The van der Waals surface area contributed by atoms with E-state index in [1.165, 1.54) is 11.3 Å². The number of carbonyl (C=O) groups excluding carboxylic acids is 1. The average molecular weight is 417 g/mol. The Morgan fingerprint density at radius 1 is 1.28 bits per heavy atom. The smallest absolute Gasteiger partial charge is 0.226 e. The summed E-state index contributed by atoms with van der Waals surface area (Å²) < 4.78 is 16.7. The highest BCUT2D eigenvalue weighted by Crippen LogP contribution is 2.37. The van der Waals surface area contributed by atoms with Crippen molar-refractivity contribution in [3.05, 3.63) is 46.9 Å². The van der Waals surface area contributed by atoms with Crippen LogP contribution in [-0.2, 0) is 17.9 Å². The van der Waals surface area contributed by atoms with E-state index in [9.17, 15) is 4.79 Å². The monoisotopic (exact) mass is 416 g/mol. The van der Waals surface area contributed by atoms with Crippen LogP contribution >= 0.6 is 11.3 Å². The van der Waals surface area contributed by atoms with Crippen molar-refractivity contribution < 1.29 is 19.0 Å². The number of aromatic nitrogens is 1. The number of carbonyl (C=O) groups is 1. The van der Waals surface area contributed by atoms with E-state index in [1.54, 1.807) is 20.3 Å². The summed E-state index contributed by atoms with van der Waals surface area (Å²) in [7, 11) is 3.19. The van der Waals surface area contributed by atoms with Gasteiger partial charge in [0.1, 0.15) is 11.6 Å². The van der Waals surface area contributed by atoms with E-state index in [2.05, 4.69) is 11.6 Å². The van der Waals surface area contributed by atoms with Crippen LogP contribution in [0.2, 0.25) is 0 Å². The molecule has 1 heterocycles. The molecule has 0 bridgehead atoms. The number of ether oxygens (including phenoxy) is 3. The van der Waals surface area contributed by atoms with Crippen LogP contribution < -0.4 is 14.2 Å². The van der Waals surface area contributed by atoms with Gasteiger partial charge in [0, 0.05) is 17.8 Å². The lowest BCUT2D eigenvalue weighted by atomic mass is 10.1. The van der Waals surface area contributed by atoms with Gasteiger partial charge in [0.05, 0.1) is 26.5 Å². The molecule has 1 amide bonds. The van der Waals surface area contributed by atoms with Gasteiger partial charge in [-0.25, -0.2) is 4.98 Å². The second kappa shape index (κ2) is 10.3. The molecule has 3 rings (SSSR count). The van der Waals surface area contributed by atoms with Gasteiger partial charge in [0.25, 0.3) is 0 Å². The van der Waals surface area contributed by atoms with E-state index >= 15 is 0 Å². The number of hydrogen-bond donors (Lipinski definition) is 0. The lowest BCUT2D eigenvalue weighted by Crippen LogP contribution is -2.35. The Morgan fingerprint density at radius 3 is 2.59 bits per heavy atom. The lowest BCUT2D eigenvalue weighted by molar-refractivity contribution is -0.135. The Morgan fingerprint density at radius 2 is 1.97 bits per heavy atom. The van der Waals surface area contributed by atoms with Gasteiger partial charge in [-0.15, -0.1) is 17.9 Å². The highest BCUT2D eigenvalue weighted by atomic mass is 32.1. The van der Waals surface area contributed by atoms with Crippen LogP contribution in [0.5, 0.6) is 17.2 Å². The van der Waals surface area contributed by atoms with Gasteiger partial charge < -0.3 is 19.1 Å². The fraction of sp³-hybridized carbons (Fsp3) is 0.455. The first kappa shape index (κ1) is 21.2. The Balaban J connectivity index is 1.64. The van der Waals surface area contributed by atoms with Crippen molar-refractivity contribution in [1.82, 2.24) is 9.88 Å². The number of methoxy groups -OCH3 is 2. The van der Waals surface area contributed by atoms with Crippen molar-refractivity contribution in [2.45, 2.75) is 38.8 Å². The largest absolute Gasteiger partial charge is 0.493 e. The minimum Gasteiger partial charge on any atom is -0.493 e. The fourth-order valence-electron chi connectivity index (χ4n) is 3.60. The molecule has 1 aliphatic carbocycles. The second-order valence-electron chi connectivity index (χ2n) is 7.00. The minimum atomic E-state index is 0.148. The number of para-hydroxylation sites is 1. The normalized spacial score (nSPS) is 13.9. The molecule has 1 aliphatic rings. The van der Waals surface area contributed by atoms with E-state index < -0.39 is 0 Å². The van der Waals surface area contributed by atoms with Crippen LogP contribution in [0.4, 0.5) is 0 Å². The predicted molar refractivity (Wildman–Crippen MR) is 114 cm³/mol. The van der Waals surface area contributed by atoms with Gasteiger partial charge in [-0.1, -0.05) is 25.0 Å². The molecule has 0 atom stereocenters. The van der Waals surface area contributed by atoms with Crippen LogP contribution in [0.1, 0.15) is 36.4 Å². The summed E-state index contributed by atoms with van der Waals surface area (Å²) in [6, 6.07) is 5.50. The topological polar surface area (TPSA) is 60.9 Å². The van der Waals surface area contributed by atoms with Crippen molar-refractivity contribution in [1.29, 1.82) is 0 Å². The van der Waals surface area contributed by atoms with E-state index in [1.807, 2.05) is 28.5 Å². The predicted octanol–water partition coefficient (Wildman–Crippen LogP) is 4.44. The fourth-order valence-corrected chi connectivity index (χ4v) is 4.29. The van der Waals surface area contributed by atoms with Gasteiger partial charge >= 0.3 is 0 Å². The zero-order valence-corrected chi connectivity index (χ0v) is 17.9. The van der Waals surface area contributed by atoms with Crippen molar-refractivity contribution >= 4 is 17.2 Å². The molecule has 156 valence electrons. The molecule has 7 heteroatoms. The Labute approximate surface area is 176 Å². The second-order valence-corrected chi connectivity index (χ2v) is 7.94. The molecule has 0 aliphatic heterocycles. The zero-order chi connectivity index (χ0) is 20.6. The molecule has 0 saturated heterocycles. The third kappa shape index (κ3) is 5.29. The highest BCUT2D eigenvalue weighted by molar-refractivity contribution is 7.09. The summed E-state index contributed by atoms with van der Waals surface area (Å²) in [6.07, 6.45) is 6.04. The van der Waals surface area contributed by atoms with Crippen LogP contribution in [0, 0.1) is 5.92 Å². The van der Waals surface area contributed by atoms with Gasteiger partial charge in [-0.05, 0) is 25.0 Å². The SMILES string of the molecule is C=CCN(Cc1csc(COc2c(OC)cccc2OC)n1)C(=O)C1CCCC1. The van der Waals surface area contributed by atoms with E-state index in [-0.39, 0.29) is 11.8 Å². The van der Waals surface area contributed by atoms with Crippen LogP contribution in [0.25, 0.3) is 0 Å². The minimum absolute atomic E-state index is 0.148. The standard InChI is InChI=1S/C22H28N2O4S/c1-4-12-24(22(25)16-8-5-6-9-16)13-17-15-29-20(23-17)14-28-21-18(26-2)10-7-11-19(21)27-3/h4,7,10-11,15-16H,1,5-6,8-9,12-14H2,2-3H3. The average Bonchev–Trinajstić information content (AvgIpc) is 3.43. The molecule has 0 spiro atoms. The van der Waals surface area contributed by atoms with Crippen LogP contribution in [0.15, 0.2) is 36.2 Å². The van der Waals surface area contributed by atoms with Crippen molar-refractivity contribution in [2.75, 3.05) is 20.8 Å². The van der Waals surface area contributed by atoms with Gasteiger partial charge in [0.15, 0.2) is 11.5 Å². The molecule has 29 heavy (non-hydrogen) atoms. The molecule has 0 radical (unpaired) electrons. The Bertz CT molecular complexity index is 808. The van der Waals surface area contributed by atoms with Crippen molar-refractivity contribution in [3.63, 3.8) is 0 Å². The maximum absolute atomic E-state index is 12.8. The van der Waals surface area contributed by atoms with Crippen LogP contribution in [-0.4, -0.2) is 36.6 Å². The quantitative estimate of drug-likeness (QED) is 0.536. The van der Waals surface area contributed by atoms with E-state index in [0.29, 0.717) is 36.9 Å². The maximum atomic E-state index is 12.8. The Kier molecular flexibility index (Phi) is 7.52. The highest BCUT2D eigenvalue weighted by Gasteiger charge is 2.27. The first-order valence-electron chi connectivity index (χ1n) is 9.83. The van der Waals surface area contributed by atoms with Gasteiger partial charge in [0.2, 0.25) is 11.7 Å². The summed E-state index contributed by atoms with van der Waals surface area (Å²) >= 11 is 1.52. The molecule has 1 saturated carbocycles. The number of thiazole rings is 1. The molecular weight excluding hydrogens is 388 g/mol. The van der Waals surface area contributed by atoms with Crippen molar-refractivity contribution in [2.24, 2.45) is 5.92 Å². The number of rotatable bonds is 10. The molecule has 2 aromatic rings. The molecule has 1 aromatic carbocycles. The Hall–Kier alpha value is -2.54. The third-order valence-corrected chi connectivity index (χ3v) is 5.91. The molecule has 1 fully saturated rings. The summed E-state index contributed by atoms with van der Waals surface area (Å²) in [5.74, 6) is 2.14. The summed E-state index contributed by atoms with van der Waals surface area (Å²) in [6.45, 7) is 5.14. The molecule has 1 aromatic heterocycles. The van der Waals surface area contributed by atoms with Gasteiger partial charge in [-0.3, -0.25) is 4.79 Å². The molecule has 0 unspecified atom stereocenters. The number of nitrogens with zero attached hydrogens (tertiary/aromatic N) is 2. The number of hydrogen-bond acceptors (Lipinski definition) is 6. The summed E-state index contributed by atoms with van der Waals surface area (Å²) in [5.41, 5.74) is 0.869. The molecular formula is C22H28N2O4S. The van der Waals surface area contributed by atoms with Crippen LogP contribution in [0.3, 0.4) is 0 Å². The summed E-state index contributed by atoms with van der Waals surface area (Å²) in [4.78, 5) is 19.3. The number of benzene rings is 1. The van der Waals surface area contributed by atoms with Crippen molar-refractivity contribution in [3.8, 4) is 17.2 Å². The third-order valence-electron chi connectivity index (χ3n) is 5.04.